The third kappa shape index (κ3) is 6.22. The topological polar surface area (TPSA) is 95.9 Å². The number of aliphatic carboxylic acids is 1. The van der Waals surface area contributed by atoms with E-state index in [0.29, 0.717) is 0 Å². The summed E-state index contributed by atoms with van der Waals surface area (Å²) in [5.74, 6) is -1.07. The van der Waals surface area contributed by atoms with Gasteiger partial charge in [-0.1, -0.05) is 19.3 Å². The Balaban J connectivity index is 2.95. The second kappa shape index (κ2) is 7.81. The number of carbonyl (C=O) groups is 2. The highest BCUT2D eigenvalue weighted by Gasteiger charge is 2.42. The minimum atomic E-state index is -1.13. The third-order valence-corrected chi connectivity index (χ3v) is 4.26. The zero-order valence-electron chi connectivity index (χ0n) is 14.5. The Morgan fingerprint density at radius 1 is 1.17 bits per heavy atom. The second-order valence-electron chi connectivity index (χ2n) is 7.39. The lowest BCUT2D eigenvalue weighted by Crippen LogP contribution is -2.59. The highest BCUT2D eigenvalue weighted by atomic mass is 16.6. The maximum Gasteiger partial charge on any atom is 0.408 e. The lowest BCUT2D eigenvalue weighted by atomic mass is 9.72. The van der Waals surface area contributed by atoms with Gasteiger partial charge in [0.25, 0.3) is 0 Å². The highest BCUT2D eigenvalue weighted by molar-refractivity contribution is 5.79. The molecular formula is C17H29NO5. The van der Waals surface area contributed by atoms with E-state index >= 15 is 0 Å². The molecule has 0 heterocycles. The lowest BCUT2D eigenvalue weighted by Gasteiger charge is -2.43. The van der Waals surface area contributed by atoms with Crippen LogP contribution in [0.2, 0.25) is 0 Å². The average Bonchev–Trinajstić information content (AvgIpc) is 2.43. The fourth-order valence-electron chi connectivity index (χ4n) is 3.02. The van der Waals surface area contributed by atoms with E-state index in [1.165, 1.54) is 6.08 Å². The van der Waals surface area contributed by atoms with Crippen LogP contribution in [0.5, 0.6) is 0 Å². The van der Waals surface area contributed by atoms with E-state index in [9.17, 15) is 14.7 Å². The van der Waals surface area contributed by atoms with Crippen LogP contribution in [0.25, 0.3) is 0 Å². The van der Waals surface area contributed by atoms with Crippen molar-refractivity contribution in [3.8, 4) is 0 Å². The molecule has 0 spiro atoms. The summed E-state index contributed by atoms with van der Waals surface area (Å²) in [5, 5.41) is 22.0. The standard InChI is InChI=1S/C17H29NO5/c1-16(2,3)23-15(22)18-17(4,12-8-6-5-7-9-12)13(19)10-11-14(20)21/h10-13,19H,5-9H2,1-4H3,(H,18,22)(H,20,21)/b11-10+. The van der Waals surface area contributed by atoms with Gasteiger partial charge in [-0.05, 0) is 52.5 Å². The van der Waals surface area contributed by atoms with Gasteiger partial charge >= 0.3 is 12.1 Å². The van der Waals surface area contributed by atoms with Gasteiger partial charge in [0.15, 0.2) is 0 Å². The third-order valence-electron chi connectivity index (χ3n) is 4.26. The zero-order chi connectivity index (χ0) is 17.7. The molecule has 1 saturated carbocycles. The Hall–Kier alpha value is -1.56. The van der Waals surface area contributed by atoms with Crippen LogP contribution in [-0.2, 0) is 9.53 Å². The van der Waals surface area contributed by atoms with Gasteiger partial charge in [0.05, 0.1) is 11.6 Å². The summed E-state index contributed by atoms with van der Waals surface area (Å²) < 4.78 is 5.30. The number of alkyl carbamates (subject to hydrolysis) is 1. The van der Waals surface area contributed by atoms with Gasteiger partial charge in [-0.3, -0.25) is 0 Å². The largest absolute Gasteiger partial charge is 0.478 e. The van der Waals surface area contributed by atoms with Gasteiger partial charge in [-0.15, -0.1) is 0 Å². The normalized spacial score (nSPS) is 20.7. The Kier molecular flexibility index (Phi) is 6.62. The molecule has 3 N–H and O–H groups in total. The summed E-state index contributed by atoms with van der Waals surface area (Å²) in [6.45, 7) is 7.06. The summed E-state index contributed by atoms with van der Waals surface area (Å²) in [5.41, 5.74) is -1.60. The number of carboxylic acids is 1. The van der Waals surface area contributed by atoms with Gasteiger partial charge in [-0.25, -0.2) is 9.59 Å². The van der Waals surface area contributed by atoms with Crippen LogP contribution in [0.1, 0.15) is 59.8 Å². The van der Waals surface area contributed by atoms with Crippen molar-refractivity contribution >= 4 is 12.1 Å². The van der Waals surface area contributed by atoms with Gasteiger partial charge < -0.3 is 20.3 Å². The molecule has 0 aromatic carbocycles. The van der Waals surface area contributed by atoms with E-state index < -0.39 is 29.3 Å². The van der Waals surface area contributed by atoms with Crippen LogP contribution in [0.15, 0.2) is 12.2 Å². The Morgan fingerprint density at radius 3 is 2.22 bits per heavy atom. The summed E-state index contributed by atoms with van der Waals surface area (Å²) >= 11 is 0. The maximum atomic E-state index is 12.2. The van der Waals surface area contributed by atoms with Gasteiger partial charge in [0.2, 0.25) is 0 Å². The van der Waals surface area contributed by atoms with Crippen molar-refractivity contribution in [3.05, 3.63) is 12.2 Å². The first kappa shape index (κ1) is 19.5. The minimum absolute atomic E-state index is 0.0669. The molecule has 1 fully saturated rings. The van der Waals surface area contributed by atoms with Crippen molar-refractivity contribution in [3.63, 3.8) is 0 Å². The molecule has 1 aliphatic carbocycles. The maximum absolute atomic E-state index is 12.2. The first-order chi connectivity index (χ1) is 10.5. The molecule has 132 valence electrons. The molecule has 1 aliphatic rings. The summed E-state index contributed by atoms with van der Waals surface area (Å²) in [6, 6.07) is 0. The molecule has 0 radical (unpaired) electrons. The van der Waals surface area contributed by atoms with Crippen LogP contribution < -0.4 is 5.32 Å². The molecule has 23 heavy (non-hydrogen) atoms. The molecule has 0 aliphatic heterocycles. The van der Waals surface area contributed by atoms with E-state index in [2.05, 4.69) is 5.32 Å². The number of carbonyl (C=O) groups excluding carboxylic acids is 1. The van der Waals surface area contributed by atoms with Crippen LogP contribution in [0.3, 0.4) is 0 Å². The SMILES string of the molecule is CC(C)(C)OC(=O)NC(C)(C(O)/C=C/C(=O)O)C1CCCCC1. The molecular weight excluding hydrogens is 298 g/mol. The number of hydrogen-bond donors (Lipinski definition) is 3. The molecule has 1 rings (SSSR count). The number of nitrogens with one attached hydrogen (secondary N) is 1. The monoisotopic (exact) mass is 327 g/mol. The smallest absolute Gasteiger partial charge is 0.408 e. The number of rotatable bonds is 5. The van der Waals surface area contributed by atoms with Crippen LogP contribution in [0.4, 0.5) is 4.79 Å². The number of aliphatic hydroxyl groups is 1. The molecule has 1 amide bonds. The first-order valence-electron chi connectivity index (χ1n) is 8.15. The van der Waals surface area contributed by atoms with Gasteiger partial charge in [0.1, 0.15) is 5.60 Å². The van der Waals surface area contributed by atoms with Crippen molar-refractivity contribution in [2.24, 2.45) is 5.92 Å². The van der Waals surface area contributed by atoms with Crippen LogP contribution >= 0.6 is 0 Å². The molecule has 2 atom stereocenters. The quantitative estimate of drug-likeness (QED) is 0.675. The number of hydrogen-bond acceptors (Lipinski definition) is 4. The minimum Gasteiger partial charge on any atom is -0.478 e. The number of amides is 1. The predicted octanol–water partition coefficient (Wildman–Crippen LogP) is 2.85. The molecule has 6 heteroatoms. The summed E-state index contributed by atoms with van der Waals surface area (Å²) in [4.78, 5) is 22.9. The van der Waals surface area contributed by atoms with E-state index in [4.69, 9.17) is 9.84 Å². The van der Waals surface area contributed by atoms with Crippen molar-refractivity contribution in [1.82, 2.24) is 5.32 Å². The van der Waals surface area contributed by atoms with E-state index in [-0.39, 0.29) is 5.92 Å². The molecule has 0 saturated heterocycles. The number of aliphatic hydroxyl groups excluding tert-OH is 1. The lowest BCUT2D eigenvalue weighted by molar-refractivity contribution is -0.131. The molecule has 2 unspecified atom stereocenters. The van der Waals surface area contributed by atoms with E-state index in [1.54, 1.807) is 27.7 Å². The number of carboxylic acid groups (broad SMARTS) is 1. The van der Waals surface area contributed by atoms with Crippen molar-refractivity contribution in [1.29, 1.82) is 0 Å². The second-order valence-corrected chi connectivity index (χ2v) is 7.39. The van der Waals surface area contributed by atoms with Crippen LogP contribution in [0, 0.1) is 5.92 Å². The Morgan fingerprint density at radius 2 is 1.74 bits per heavy atom. The van der Waals surface area contributed by atoms with Gasteiger partial charge in [0, 0.05) is 6.08 Å². The van der Waals surface area contributed by atoms with Crippen molar-refractivity contribution in [2.75, 3.05) is 0 Å². The van der Waals surface area contributed by atoms with Crippen LogP contribution in [-0.4, -0.2) is 39.5 Å². The molecule has 6 nitrogen and oxygen atoms in total. The molecule has 0 aromatic heterocycles. The Labute approximate surface area is 137 Å². The zero-order valence-corrected chi connectivity index (χ0v) is 14.5. The van der Waals surface area contributed by atoms with Crippen molar-refractivity contribution in [2.45, 2.75) is 77.0 Å². The predicted molar refractivity (Wildman–Crippen MR) is 87.1 cm³/mol. The summed E-state index contributed by atoms with van der Waals surface area (Å²) in [6.07, 6.45) is 5.38. The van der Waals surface area contributed by atoms with E-state index in [1.807, 2.05) is 0 Å². The Bertz CT molecular complexity index is 448. The average molecular weight is 327 g/mol. The molecule has 0 aromatic rings. The highest BCUT2D eigenvalue weighted by Crippen LogP contribution is 2.35. The molecule has 0 bridgehead atoms. The fraction of sp³-hybridized carbons (Fsp3) is 0.765. The van der Waals surface area contributed by atoms with Gasteiger partial charge in [-0.2, -0.15) is 0 Å². The first-order valence-corrected chi connectivity index (χ1v) is 8.15. The number of ether oxygens (including phenoxy) is 1. The van der Waals surface area contributed by atoms with E-state index in [0.717, 1.165) is 38.2 Å². The fourth-order valence-corrected chi connectivity index (χ4v) is 3.02. The van der Waals surface area contributed by atoms with Crippen molar-refractivity contribution < 1.29 is 24.5 Å². The summed E-state index contributed by atoms with van der Waals surface area (Å²) in [7, 11) is 0.